The second kappa shape index (κ2) is 10.2. The van der Waals surface area contributed by atoms with Crippen LogP contribution in [0.1, 0.15) is 32.8 Å². The second-order valence-corrected chi connectivity index (χ2v) is 8.11. The van der Waals surface area contributed by atoms with E-state index in [2.05, 4.69) is 0 Å². The third-order valence-corrected chi connectivity index (χ3v) is 5.79. The number of hydrogen-bond acceptors (Lipinski definition) is 5. The summed E-state index contributed by atoms with van der Waals surface area (Å²) in [5.41, 5.74) is 3.68. The minimum atomic E-state index is -0.560. The van der Waals surface area contributed by atoms with Gasteiger partial charge in [-0.3, -0.25) is 14.5 Å². The first-order chi connectivity index (χ1) is 17.0. The van der Waals surface area contributed by atoms with Gasteiger partial charge in [-0.1, -0.05) is 37.3 Å². The van der Waals surface area contributed by atoms with Gasteiger partial charge in [-0.15, -0.1) is 0 Å². The van der Waals surface area contributed by atoms with Crippen LogP contribution in [0.25, 0.3) is 23.0 Å². The van der Waals surface area contributed by atoms with Crippen LogP contribution in [0.3, 0.4) is 0 Å². The zero-order valence-corrected chi connectivity index (χ0v) is 20.0. The number of imide groups is 1. The Morgan fingerprint density at radius 3 is 2.51 bits per heavy atom. The van der Waals surface area contributed by atoms with Crippen molar-refractivity contribution in [2.24, 2.45) is 0 Å². The third kappa shape index (κ3) is 4.64. The lowest BCUT2D eigenvalue weighted by molar-refractivity contribution is -0.140. The van der Waals surface area contributed by atoms with Gasteiger partial charge in [0.05, 0.1) is 12.3 Å². The number of likely N-dealkylation sites (N-methyl/N-ethyl adjacent to an activating group) is 1. The molecule has 0 radical (unpaired) electrons. The molecule has 7 nitrogen and oxygen atoms in total. The van der Waals surface area contributed by atoms with Gasteiger partial charge in [0.2, 0.25) is 0 Å². The first-order valence-electron chi connectivity index (χ1n) is 11.6. The minimum Gasteiger partial charge on any atom is -0.494 e. The number of nitriles is 1. The maximum atomic E-state index is 13.2. The van der Waals surface area contributed by atoms with Gasteiger partial charge in [0.25, 0.3) is 11.8 Å². The molecular weight excluding hydrogens is 440 g/mol. The van der Waals surface area contributed by atoms with Gasteiger partial charge in [-0.25, -0.2) is 4.68 Å². The highest BCUT2D eigenvalue weighted by molar-refractivity contribution is 6.19. The Labute approximate surface area is 204 Å². The minimum absolute atomic E-state index is 0.0235. The lowest BCUT2D eigenvalue weighted by Gasteiger charge is -2.26. The fourth-order valence-electron chi connectivity index (χ4n) is 3.96. The van der Waals surface area contributed by atoms with E-state index in [1.807, 2.05) is 73.8 Å². The summed E-state index contributed by atoms with van der Waals surface area (Å²) in [6.45, 7) is 6.18. The first-order valence-corrected chi connectivity index (χ1v) is 11.6. The highest BCUT2D eigenvalue weighted by Gasteiger charge is 2.34. The topological polar surface area (TPSA) is 88.2 Å². The van der Waals surface area contributed by atoms with Crippen LogP contribution in [0.5, 0.6) is 5.75 Å². The molecule has 0 unspecified atom stereocenters. The lowest BCUT2D eigenvalue weighted by atomic mass is 9.93. The monoisotopic (exact) mass is 466 g/mol. The van der Waals surface area contributed by atoms with Gasteiger partial charge in [0.1, 0.15) is 23.1 Å². The average Bonchev–Trinajstić information content (AvgIpc) is 3.31. The van der Waals surface area contributed by atoms with Crippen molar-refractivity contribution in [1.29, 1.82) is 5.26 Å². The number of hydrogen-bond donors (Lipinski definition) is 0. The summed E-state index contributed by atoms with van der Waals surface area (Å²) < 4.78 is 7.56. The Kier molecular flexibility index (Phi) is 6.93. The number of carbonyl (C=O) groups excluding carboxylic acids is 2. The zero-order valence-electron chi connectivity index (χ0n) is 20.0. The average molecular weight is 467 g/mol. The van der Waals surface area contributed by atoms with Gasteiger partial charge >= 0.3 is 0 Å². The number of ether oxygens (including phenoxy) is 1. The van der Waals surface area contributed by atoms with Crippen LogP contribution < -0.4 is 4.74 Å². The maximum Gasteiger partial charge on any atom is 0.271 e. The van der Waals surface area contributed by atoms with Gasteiger partial charge in [0, 0.05) is 29.4 Å². The Bertz CT molecular complexity index is 1380. The van der Waals surface area contributed by atoms with Crippen molar-refractivity contribution in [3.05, 3.63) is 83.1 Å². The molecule has 0 aliphatic carbocycles. The highest BCUT2D eigenvalue weighted by Crippen LogP contribution is 2.32. The van der Waals surface area contributed by atoms with E-state index in [9.17, 15) is 14.9 Å². The van der Waals surface area contributed by atoms with Crippen molar-refractivity contribution in [3.63, 3.8) is 0 Å². The van der Waals surface area contributed by atoms with Crippen molar-refractivity contribution in [1.82, 2.24) is 14.7 Å². The fourth-order valence-corrected chi connectivity index (χ4v) is 3.96. The molecule has 7 heteroatoms. The van der Waals surface area contributed by atoms with E-state index >= 15 is 0 Å². The molecule has 35 heavy (non-hydrogen) atoms. The summed E-state index contributed by atoms with van der Waals surface area (Å²) >= 11 is 0. The van der Waals surface area contributed by atoms with Crippen LogP contribution in [-0.2, 0) is 9.59 Å². The molecule has 2 heterocycles. The summed E-state index contributed by atoms with van der Waals surface area (Å²) in [5, 5.41) is 14.4. The molecule has 2 amide bonds. The lowest BCUT2D eigenvalue weighted by Crippen LogP contribution is -2.42. The molecule has 0 bridgehead atoms. The smallest absolute Gasteiger partial charge is 0.271 e. The molecule has 3 aromatic rings. The summed E-state index contributed by atoms with van der Waals surface area (Å²) in [6, 6.07) is 19.3. The molecule has 4 rings (SSSR count). The van der Waals surface area contributed by atoms with Gasteiger partial charge in [-0.2, -0.15) is 10.4 Å². The van der Waals surface area contributed by atoms with E-state index in [0.29, 0.717) is 29.0 Å². The SMILES string of the molecule is CCCOc1cccc(-c2nn(-c3ccccc3)cc2/C=C2/C(=O)N(CC)C(=O)C(C#N)=C2C)c1. The van der Waals surface area contributed by atoms with Crippen LogP contribution in [0.2, 0.25) is 0 Å². The van der Waals surface area contributed by atoms with Gasteiger partial charge in [-0.05, 0) is 56.2 Å². The van der Waals surface area contributed by atoms with Crippen molar-refractivity contribution >= 4 is 17.9 Å². The van der Waals surface area contributed by atoms with Crippen LogP contribution in [-0.4, -0.2) is 39.6 Å². The van der Waals surface area contributed by atoms with Crippen LogP contribution in [0.4, 0.5) is 0 Å². The van der Waals surface area contributed by atoms with Crippen molar-refractivity contribution in [2.75, 3.05) is 13.2 Å². The van der Waals surface area contributed by atoms with Gasteiger partial charge < -0.3 is 4.74 Å². The number of benzene rings is 2. The zero-order chi connectivity index (χ0) is 24.9. The van der Waals surface area contributed by atoms with Crippen molar-refractivity contribution in [2.45, 2.75) is 27.2 Å². The number of amides is 2. The quantitative estimate of drug-likeness (QED) is 0.364. The molecule has 1 aliphatic rings. The number of rotatable bonds is 7. The molecule has 0 N–H and O–H groups in total. The molecule has 0 fully saturated rings. The van der Waals surface area contributed by atoms with E-state index in [0.717, 1.165) is 28.3 Å². The molecule has 2 aromatic carbocycles. The number of carbonyl (C=O) groups is 2. The second-order valence-electron chi connectivity index (χ2n) is 8.11. The Morgan fingerprint density at radius 1 is 1.06 bits per heavy atom. The van der Waals surface area contributed by atoms with E-state index in [-0.39, 0.29) is 12.1 Å². The van der Waals surface area contributed by atoms with Crippen LogP contribution in [0, 0.1) is 11.3 Å². The van der Waals surface area contributed by atoms with Crippen LogP contribution >= 0.6 is 0 Å². The third-order valence-electron chi connectivity index (χ3n) is 5.79. The molecular formula is C28H26N4O3. The molecule has 176 valence electrons. The van der Waals surface area contributed by atoms with E-state index in [1.54, 1.807) is 24.6 Å². The largest absolute Gasteiger partial charge is 0.494 e. The summed E-state index contributed by atoms with van der Waals surface area (Å²) in [5.74, 6) is -0.250. The normalized spacial score (nSPS) is 15.0. The fraction of sp³-hybridized carbons (Fsp3) is 0.214. The van der Waals surface area contributed by atoms with Crippen LogP contribution in [0.15, 0.2) is 77.5 Å². The standard InChI is InChI=1S/C28H26N4O3/c1-4-14-35-23-13-9-10-20(15-23)26-21(18-32(30-26)22-11-7-6-8-12-22)16-24-19(3)25(17-29)28(34)31(5-2)27(24)33/h6-13,15-16,18H,4-5,14H2,1-3H3/b24-16+. The molecule has 0 saturated carbocycles. The molecule has 1 aliphatic heterocycles. The highest BCUT2D eigenvalue weighted by atomic mass is 16.5. The van der Waals surface area contributed by atoms with E-state index in [4.69, 9.17) is 9.84 Å². The number of nitrogens with zero attached hydrogens (tertiary/aromatic N) is 4. The van der Waals surface area contributed by atoms with Crippen molar-refractivity contribution in [3.8, 4) is 28.8 Å². The van der Waals surface area contributed by atoms with E-state index in [1.165, 1.54) is 0 Å². The molecule has 0 atom stereocenters. The first kappa shape index (κ1) is 23.7. The van der Waals surface area contributed by atoms with Crippen molar-refractivity contribution < 1.29 is 14.3 Å². The molecule has 0 saturated heterocycles. The maximum absolute atomic E-state index is 13.2. The Hall–Kier alpha value is -4.44. The predicted molar refractivity (Wildman–Crippen MR) is 133 cm³/mol. The van der Waals surface area contributed by atoms with Gasteiger partial charge in [0.15, 0.2) is 0 Å². The number of aromatic nitrogens is 2. The predicted octanol–water partition coefficient (Wildman–Crippen LogP) is 4.94. The van der Waals surface area contributed by atoms with E-state index < -0.39 is 11.8 Å². The Balaban J connectivity index is 1.90. The molecule has 1 aromatic heterocycles. The summed E-state index contributed by atoms with van der Waals surface area (Å²) in [6.07, 6.45) is 4.45. The summed E-state index contributed by atoms with van der Waals surface area (Å²) in [7, 11) is 0. The number of para-hydroxylation sites is 1. The summed E-state index contributed by atoms with van der Waals surface area (Å²) in [4.78, 5) is 26.9. The Morgan fingerprint density at radius 2 is 1.83 bits per heavy atom. The molecule has 0 spiro atoms.